The number of hydrogen-bond donors (Lipinski definition) is 3. The van der Waals surface area contributed by atoms with Crippen LogP contribution >= 0.6 is 0 Å². The average Bonchev–Trinajstić information content (AvgIpc) is 2.55. The van der Waals surface area contributed by atoms with Crippen LogP contribution in [0.25, 0.3) is 11.1 Å². The van der Waals surface area contributed by atoms with Crippen molar-refractivity contribution in [2.45, 2.75) is 19.1 Å². The molecule has 2 aromatic rings. The van der Waals surface area contributed by atoms with E-state index in [1.54, 1.807) is 6.92 Å². The van der Waals surface area contributed by atoms with Crippen molar-refractivity contribution >= 4 is 11.7 Å². The van der Waals surface area contributed by atoms with E-state index in [2.05, 4.69) is 15.6 Å². The molecule has 1 heterocycles. The van der Waals surface area contributed by atoms with Gasteiger partial charge in [0.1, 0.15) is 6.04 Å². The first-order valence-electron chi connectivity index (χ1n) is 7.07. The van der Waals surface area contributed by atoms with E-state index < -0.39 is 17.8 Å². The highest BCUT2D eigenvalue weighted by Gasteiger charge is 2.30. The maximum Gasteiger partial charge on any atom is 0.416 e. The van der Waals surface area contributed by atoms with E-state index >= 15 is 0 Å². The third kappa shape index (κ3) is 3.95. The van der Waals surface area contributed by atoms with Crippen molar-refractivity contribution in [3.8, 4) is 16.9 Å². The third-order valence-corrected chi connectivity index (χ3v) is 3.38. The van der Waals surface area contributed by atoms with Crippen LogP contribution in [-0.2, 0) is 11.0 Å². The minimum Gasteiger partial charge on any atom is -0.504 e. The smallest absolute Gasteiger partial charge is 0.416 e. The number of amides is 1. The van der Waals surface area contributed by atoms with Crippen LogP contribution < -0.4 is 10.6 Å². The topological polar surface area (TPSA) is 74.2 Å². The number of aromatic nitrogens is 1. The first-order valence-corrected chi connectivity index (χ1v) is 7.07. The predicted octanol–water partition coefficient (Wildman–Crippen LogP) is 3.02. The number of nitrogens with one attached hydrogen (secondary N) is 2. The number of hydrogen-bond acceptors (Lipinski definition) is 4. The molecule has 24 heavy (non-hydrogen) atoms. The summed E-state index contributed by atoms with van der Waals surface area (Å²) >= 11 is 0. The highest BCUT2D eigenvalue weighted by Crippen LogP contribution is 2.33. The number of halogens is 3. The number of likely N-dealkylation sites (N-methyl/N-ethyl adjacent to an activating group) is 1. The monoisotopic (exact) mass is 339 g/mol. The molecule has 128 valence electrons. The fourth-order valence-electron chi connectivity index (χ4n) is 2.08. The van der Waals surface area contributed by atoms with Crippen molar-refractivity contribution in [2.24, 2.45) is 0 Å². The zero-order chi connectivity index (χ0) is 17.9. The molecule has 0 spiro atoms. The van der Waals surface area contributed by atoms with Gasteiger partial charge in [-0.3, -0.25) is 4.79 Å². The van der Waals surface area contributed by atoms with E-state index in [1.807, 2.05) is 0 Å². The second-order valence-corrected chi connectivity index (χ2v) is 5.15. The van der Waals surface area contributed by atoms with Gasteiger partial charge in [-0.1, -0.05) is 12.1 Å². The molecule has 0 saturated heterocycles. The molecule has 1 aromatic heterocycles. The lowest BCUT2D eigenvalue weighted by Crippen LogP contribution is -2.35. The van der Waals surface area contributed by atoms with E-state index in [4.69, 9.17) is 0 Å². The summed E-state index contributed by atoms with van der Waals surface area (Å²) in [5.41, 5.74) is -0.176. The first kappa shape index (κ1) is 17.6. The second kappa shape index (κ2) is 6.77. The Bertz CT molecular complexity index is 748. The van der Waals surface area contributed by atoms with Gasteiger partial charge in [-0.25, -0.2) is 4.98 Å². The number of carbonyl (C=O) groups excluding carboxylic acids is 1. The molecule has 8 heteroatoms. The number of benzene rings is 1. The molecule has 1 amide bonds. The molecule has 0 aliphatic carbocycles. The van der Waals surface area contributed by atoms with Gasteiger partial charge in [0.2, 0.25) is 5.91 Å². The highest BCUT2D eigenvalue weighted by molar-refractivity contribution is 5.84. The van der Waals surface area contributed by atoms with Gasteiger partial charge in [-0.05, 0) is 30.7 Å². The van der Waals surface area contributed by atoms with Gasteiger partial charge >= 0.3 is 6.18 Å². The highest BCUT2D eigenvalue weighted by atomic mass is 19.4. The van der Waals surface area contributed by atoms with Crippen LogP contribution in [0.1, 0.15) is 12.5 Å². The summed E-state index contributed by atoms with van der Waals surface area (Å²) in [6, 6.07) is 5.39. The Morgan fingerprint density at radius 3 is 2.54 bits per heavy atom. The van der Waals surface area contributed by atoms with Crippen molar-refractivity contribution < 1.29 is 23.1 Å². The maximum atomic E-state index is 12.8. The lowest BCUT2D eigenvalue weighted by molar-refractivity contribution is -0.137. The fourth-order valence-corrected chi connectivity index (χ4v) is 2.08. The van der Waals surface area contributed by atoms with Crippen LogP contribution in [-0.4, -0.2) is 29.1 Å². The molecule has 0 radical (unpaired) electrons. The van der Waals surface area contributed by atoms with Crippen LogP contribution in [0, 0.1) is 0 Å². The van der Waals surface area contributed by atoms with Crippen LogP contribution in [0.5, 0.6) is 5.75 Å². The first-order chi connectivity index (χ1) is 11.2. The second-order valence-electron chi connectivity index (χ2n) is 5.15. The largest absolute Gasteiger partial charge is 0.504 e. The molecule has 0 fully saturated rings. The molecule has 0 bridgehead atoms. The van der Waals surface area contributed by atoms with Crippen LogP contribution in [0.15, 0.2) is 36.5 Å². The maximum absolute atomic E-state index is 12.8. The van der Waals surface area contributed by atoms with E-state index in [9.17, 15) is 23.1 Å². The lowest BCUT2D eigenvalue weighted by Gasteiger charge is -2.14. The Kier molecular flexibility index (Phi) is 4.96. The third-order valence-electron chi connectivity index (χ3n) is 3.38. The minimum absolute atomic E-state index is 0.0711. The van der Waals surface area contributed by atoms with Crippen LogP contribution in [0.3, 0.4) is 0 Å². The van der Waals surface area contributed by atoms with Crippen molar-refractivity contribution in [2.75, 3.05) is 12.4 Å². The number of rotatable bonds is 4. The zero-order valence-electron chi connectivity index (χ0n) is 13.0. The minimum atomic E-state index is -4.45. The van der Waals surface area contributed by atoms with Crippen molar-refractivity contribution in [1.29, 1.82) is 0 Å². The molecule has 0 saturated carbocycles. The van der Waals surface area contributed by atoms with Crippen molar-refractivity contribution in [3.63, 3.8) is 0 Å². The standard InChI is InChI=1S/C16H16F3N3O2/c1-9(15(24)20-2)22-14-13(23)7-11(8-21-14)10-4-3-5-12(6-10)16(17,18)19/h3-9,23H,1-2H3,(H,20,24)(H,21,22). The van der Waals surface area contributed by atoms with Crippen LogP contribution in [0.4, 0.5) is 19.0 Å². The molecule has 1 aromatic carbocycles. The number of alkyl halides is 3. The van der Waals surface area contributed by atoms with Gasteiger partial charge in [0.05, 0.1) is 5.56 Å². The number of aromatic hydroxyl groups is 1. The van der Waals surface area contributed by atoms with E-state index in [1.165, 1.54) is 31.4 Å². The summed E-state index contributed by atoms with van der Waals surface area (Å²) in [4.78, 5) is 15.4. The summed E-state index contributed by atoms with van der Waals surface area (Å²) in [6.45, 7) is 1.58. The van der Waals surface area contributed by atoms with Gasteiger partial charge in [0.15, 0.2) is 11.6 Å². The van der Waals surface area contributed by atoms with Crippen molar-refractivity contribution in [1.82, 2.24) is 10.3 Å². The SMILES string of the molecule is CNC(=O)C(C)Nc1ncc(-c2cccc(C(F)(F)F)c2)cc1O. The summed E-state index contributed by atoms with van der Waals surface area (Å²) in [5, 5.41) is 15.2. The molecule has 3 N–H and O–H groups in total. The Balaban J connectivity index is 2.28. The Morgan fingerprint density at radius 1 is 1.25 bits per heavy atom. The number of nitrogens with zero attached hydrogens (tertiary/aromatic N) is 1. The fraction of sp³-hybridized carbons (Fsp3) is 0.250. The van der Waals surface area contributed by atoms with Crippen LogP contribution in [0.2, 0.25) is 0 Å². The summed E-state index contributed by atoms with van der Waals surface area (Å²) < 4.78 is 38.3. The molecule has 1 atom stereocenters. The molecular weight excluding hydrogens is 323 g/mol. The van der Waals surface area contributed by atoms with E-state index in [0.29, 0.717) is 5.56 Å². The zero-order valence-corrected chi connectivity index (χ0v) is 13.0. The average molecular weight is 339 g/mol. The predicted molar refractivity (Wildman–Crippen MR) is 83.5 cm³/mol. The molecule has 0 aliphatic rings. The van der Waals surface area contributed by atoms with Crippen molar-refractivity contribution in [3.05, 3.63) is 42.1 Å². The summed E-state index contributed by atoms with van der Waals surface area (Å²) in [7, 11) is 1.48. The summed E-state index contributed by atoms with van der Waals surface area (Å²) in [5.74, 6) is -0.486. The van der Waals surface area contributed by atoms with E-state index in [-0.39, 0.29) is 23.0 Å². The molecule has 2 rings (SSSR count). The van der Waals surface area contributed by atoms with Gasteiger partial charge in [0.25, 0.3) is 0 Å². The van der Waals surface area contributed by atoms with Gasteiger partial charge < -0.3 is 15.7 Å². The lowest BCUT2D eigenvalue weighted by atomic mass is 10.0. The number of pyridine rings is 1. The Morgan fingerprint density at radius 2 is 1.96 bits per heavy atom. The van der Waals surface area contributed by atoms with Gasteiger partial charge in [-0.2, -0.15) is 13.2 Å². The molecule has 0 aliphatic heterocycles. The number of carbonyl (C=O) groups is 1. The quantitative estimate of drug-likeness (QED) is 0.800. The Hall–Kier alpha value is -2.77. The Labute approximate surface area is 136 Å². The summed E-state index contributed by atoms with van der Waals surface area (Å²) in [6.07, 6.45) is -3.12. The van der Waals surface area contributed by atoms with Gasteiger partial charge in [0, 0.05) is 18.8 Å². The number of anilines is 1. The molecular formula is C16H16F3N3O2. The van der Waals surface area contributed by atoms with Gasteiger partial charge in [-0.15, -0.1) is 0 Å². The molecule has 1 unspecified atom stereocenters. The normalized spacial score (nSPS) is 12.5. The molecule has 5 nitrogen and oxygen atoms in total. The van der Waals surface area contributed by atoms with E-state index in [0.717, 1.165) is 12.1 Å².